The van der Waals surface area contributed by atoms with E-state index in [0.717, 1.165) is 71.5 Å². The van der Waals surface area contributed by atoms with Gasteiger partial charge in [-0.3, -0.25) is 14.5 Å². The van der Waals surface area contributed by atoms with Crippen molar-refractivity contribution in [3.8, 4) is 57.3 Å². The highest BCUT2D eigenvalue weighted by Crippen LogP contribution is 2.35. The van der Waals surface area contributed by atoms with Gasteiger partial charge in [-0.15, -0.1) is 0 Å². The fraction of sp³-hybridized carbons (Fsp3) is 0. The molecule has 13 aromatic rings. The highest BCUT2D eigenvalue weighted by Gasteiger charge is 2.25. The average Bonchev–Trinajstić information content (AvgIpc) is 3.97. The summed E-state index contributed by atoms with van der Waals surface area (Å²) < 4.78 is 3.97. The molecule has 0 amide bonds. The van der Waals surface area contributed by atoms with Crippen molar-refractivity contribution in [3.63, 3.8) is 0 Å². The van der Waals surface area contributed by atoms with Crippen molar-refractivity contribution in [1.82, 2.24) is 44.0 Å². The highest BCUT2D eigenvalue weighted by atomic mass is 16.4. The molecule has 0 saturated carbocycles. The van der Waals surface area contributed by atoms with E-state index in [2.05, 4.69) is 15.0 Å². The Morgan fingerprint density at radius 3 is 1.44 bits per heavy atom. The van der Waals surface area contributed by atoms with Crippen LogP contribution in [0, 0.1) is 0 Å². The lowest BCUT2D eigenvalue weighted by Crippen LogP contribution is -2.31. The zero-order chi connectivity index (χ0) is 48.7. The molecule has 72 heavy (non-hydrogen) atoms. The number of para-hydroxylation sites is 5. The van der Waals surface area contributed by atoms with Crippen molar-refractivity contribution in [2.24, 2.45) is 0 Å². The van der Waals surface area contributed by atoms with E-state index in [1.807, 2.05) is 197 Å². The molecule has 0 radical (unpaired) electrons. The van der Waals surface area contributed by atoms with E-state index in [9.17, 15) is 20.1 Å². The number of fused-ring (bicyclic) bond motifs is 7. The summed E-state index contributed by atoms with van der Waals surface area (Å²) in [4.78, 5) is 33.0. The second-order valence-electron chi connectivity index (χ2n) is 17.0. The second kappa shape index (κ2) is 18.6. The molecule has 0 aliphatic carbocycles. The molecular formula is C57H39B2N9O4. The molecule has 0 aliphatic rings. The van der Waals surface area contributed by atoms with Crippen molar-refractivity contribution in [3.05, 3.63) is 213 Å². The number of rotatable bonds is 8. The van der Waals surface area contributed by atoms with Crippen LogP contribution in [0.4, 0.5) is 0 Å². The van der Waals surface area contributed by atoms with Crippen LogP contribution in [0.5, 0.6) is 0 Å². The van der Waals surface area contributed by atoms with Crippen LogP contribution >= 0.6 is 0 Å². The van der Waals surface area contributed by atoms with Crippen molar-refractivity contribution in [2.75, 3.05) is 0 Å². The Kier molecular flexibility index (Phi) is 11.4. The van der Waals surface area contributed by atoms with E-state index in [1.54, 1.807) is 24.5 Å². The molecule has 4 N–H and O–H groups in total. The van der Waals surface area contributed by atoms with Gasteiger partial charge in [0.25, 0.3) is 0 Å². The third-order valence-corrected chi connectivity index (χ3v) is 12.6. The zero-order valence-corrected chi connectivity index (χ0v) is 38.2. The fourth-order valence-corrected chi connectivity index (χ4v) is 9.47. The first-order valence-corrected chi connectivity index (χ1v) is 23.2. The third-order valence-electron chi connectivity index (χ3n) is 12.6. The van der Waals surface area contributed by atoms with E-state index in [4.69, 9.17) is 19.9 Å². The number of hydrogen-bond acceptors (Lipinski definition) is 11. The SMILES string of the molecule is OB(O)c1cccc2c3ccccc3n(-c3cccc(-c4nc(-c5ccccn5)nc(-c5ccccn5)n4)c3)c12.OB(O)c1cccc2c3ccccc3n(-c3nc(-c4ccccc4)c4ccccc4n3)c12. The maximum atomic E-state index is 10.2. The van der Waals surface area contributed by atoms with Gasteiger partial charge in [0.2, 0.25) is 5.95 Å². The molecule has 0 spiro atoms. The van der Waals surface area contributed by atoms with Crippen LogP contribution in [-0.4, -0.2) is 78.4 Å². The van der Waals surface area contributed by atoms with Crippen LogP contribution in [-0.2, 0) is 0 Å². The van der Waals surface area contributed by atoms with Crippen LogP contribution in [0.2, 0.25) is 0 Å². The largest absolute Gasteiger partial charge is 0.490 e. The van der Waals surface area contributed by atoms with Crippen LogP contribution in [0.25, 0.3) is 112 Å². The average molecular weight is 936 g/mol. The Morgan fingerprint density at radius 1 is 0.361 bits per heavy atom. The molecule has 0 unspecified atom stereocenters. The zero-order valence-electron chi connectivity index (χ0n) is 38.2. The molecule has 0 fully saturated rings. The van der Waals surface area contributed by atoms with Gasteiger partial charge in [-0.2, -0.15) is 0 Å². The van der Waals surface area contributed by atoms with E-state index >= 15 is 0 Å². The van der Waals surface area contributed by atoms with Crippen molar-refractivity contribution in [1.29, 1.82) is 0 Å². The lowest BCUT2D eigenvalue weighted by atomic mass is 9.79. The number of benzene rings is 7. The van der Waals surface area contributed by atoms with E-state index in [1.165, 1.54) is 0 Å². The molecule has 0 saturated heterocycles. The molecule has 13 rings (SSSR count). The van der Waals surface area contributed by atoms with Gasteiger partial charge in [0.05, 0.1) is 33.3 Å². The first kappa shape index (κ1) is 44.0. The predicted molar refractivity (Wildman–Crippen MR) is 285 cm³/mol. The van der Waals surface area contributed by atoms with Gasteiger partial charge >= 0.3 is 14.2 Å². The topological polar surface area (TPSA) is 181 Å². The van der Waals surface area contributed by atoms with E-state index in [-0.39, 0.29) is 0 Å². The first-order valence-electron chi connectivity index (χ1n) is 23.2. The monoisotopic (exact) mass is 935 g/mol. The van der Waals surface area contributed by atoms with Crippen molar-refractivity contribution < 1.29 is 20.1 Å². The molecule has 6 heterocycles. The Morgan fingerprint density at radius 2 is 0.847 bits per heavy atom. The summed E-state index contributed by atoms with van der Waals surface area (Å²) in [6.45, 7) is 0. The van der Waals surface area contributed by atoms with Gasteiger partial charge < -0.3 is 24.7 Å². The summed E-state index contributed by atoms with van der Waals surface area (Å²) in [6, 6.07) is 64.1. The van der Waals surface area contributed by atoms with Crippen LogP contribution < -0.4 is 10.9 Å². The smallest absolute Gasteiger partial charge is 0.423 e. The molecule has 6 aromatic heterocycles. The Balaban J connectivity index is 0.000000151. The van der Waals surface area contributed by atoms with Gasteiger partial charge in [-0.25, -0.2) is 24.9 Å². The van der Waals surface area contributed by atoms with Gasteiger partial charge in [-0.1, -0.05) is 146 Å². The standard InChI is InChI=1S/C31H21BN6O2.C26H18BN3O2/c39-32(40)24-13-8-12-23-22-11-1-2-16-27(22)38(28(23)24)21-10-7-9-20(19-21)29-35-30(25-14-3-5-17-33-25)37-31(36-29)26-15-4-6-18-34-26;31-27(32)21-14-8-13-19-18-11-5-7-16-23(18)30(25(19)21)26-28-22-15-6-4-12-20(22)24(29-26)17-9-2-1-3-10-17/h1-19,39-40H;1-16,31-32H. The van der Waals surface area contributed by atoms with Gasteiger partial charge in [0.1, 0.15) is 11.4 Å². The van der Waals surface area contributed by atoms with Gasteiger partial charge in [0.15, 0.2) is 17.5 Å². The number of aromatic nitrogens is 9. The Labute approximate surface area is 412 Å². The third kappa shape index (κ3) is 7.90. The molecule has 13 nitrogen and oxygen atoms in total. The maximum Gasteiger partial charge on any atom is 0.490 e. The fourth-order valence-electron chi connectivity index (χ4n) is 9.47. The van der Waals surface area contributed by atoms with Crippen LogP contribution in [0.1, 0.15) is 0 Å². The summed E-state index contributed by atoms with van der Waals surface area (Å²) in [5.74, 6) is 1.85. The van der Waals surface area contributed by atoms with Crippen LogP contribution in [0.15, 0.2) is 213 Å². The number of hydrogen-bond donors (Lipinski definition) is 4. The predicted octanol–water partition coefficient (Wildman–Crippen LogP) is 8.51. The summed E-state index contributed by atoms with van der Waals surface area (Å²) in [5, 5.41) is 45.5. The highest BCUT2D eigenvalue weighted by molar-refractivity contribution is 6.62. The quantitative estimate of drug-likeness (QED) is 0.107. The second-order valence-corrected chi connectivity index (χ2v) is 17.0. The Bertz CT molecular complexity index is 4080. The lowest BCUT2D eigenvalue weighted by molar-refractivity contribution is 0.425. The van der Waals surface area contributed by atoms with Crippen LogP contribution in [0.3, 0.4) is 0 Å². The lowest BCUT2D eigenvalue weighted by Gasteiger charge is -2.13. The van der Waals surface area contributed by atoms with Crippen molar-refractivity contribution in [2.45, 2.75) is 0 Å². The molecule has 342 valence electrons. The minimum Gasteiger partial charge on any atom is -0.423 e. The van der Waals surface area contributed by atoms with Gasteiger partial charge in [0, 0.05) is 67.1 Å². The molecule has 0 bridgehead atoms. The minimum atomic E-state index is -1.62. The summed E-state index contributed by atoms with van der Waals surface area (Å²) in [5.41, 5.74) is 9.62. The summed E-state index contributed by atoms with van der Waals surface area (Å²) in [7, 11) is -3.24. The first-order chi connectivity index (χ1) is 35.4. The maximum absolute atomic E-state index is 10.2. The number of pyridine rings is 2. The van der Waals surface area contributed by atoms with Gasteiger partial charge in [-0.05, 0) is 54.6 Å². The van der Waals surface area contributed by atoms with E-state index < -0.39 is 14.2 Å². The molecule has 15 heteroatoms. The number of nitrogens with zero attached hydrogens (tertiary/aromatic N) is 9. The summed E-state index contributed by atoms with van der Waals surface area (Å²) in [6.07, 6.45) is 3.41. The normalized spacial score (nSPS) is 11.3. The molecule has 0 atom stereocenters. The molecular weight excluding hydrogens is 896 g/mol. The molecule has 7 aromatic carbocycles. The molecule has 0 aliphatic heterocycles. The minimum absolute atomic E-state index is 0.414. The van der Waals surface area contributed by atoms with E-state index in [0.29, 0.717) is 51.3 Å². The summed E-state index contributed by atoms with van der Waals surface area (Å²) >= 11 is 0. The Hall–Kier alpha value is -9.24. The van der Waals surface area contributed by atoms with Crippen molar-refractivity contribution >= 4 is 79.7 Å².